The van der Waals surface area contributed by atoms with E-state index in [1.165, 1.54) is 0 Å². The zero-order valence-electron chi connectivity index (χ0n) is 5.90. The Kier molecular flexibility index (Phi) is 2.50. The number of allylic oxidation sites excluding steroid dienone is 4. The molecule has 56 valence electrons. The molecule has 0 saturated heterocycles. The highest BCUT2D eigenvalue weighted by atomic mass is 35.5. The van der Waals surface area contributed by atoms with Crippen LogP contribution in [0, 0.1) is 5.92 Å². The van der Waals surface area contributed by atoms with Crippen LogP contribution in [0.15, 0.2) is 23.0 Å². The minimum atomic E-state index is -0.147. The van der Waals surface area contributed by atoms with Crippen LogP contribution < -0.4 is 0 Å². The standard InChI is InChI=1S/C8H10ClF/c1-2-6-4-3-5-7(9)8(6)10/h3,5-6H,2,4H2,1H3. The molecule has 1 atom stereocenters. The molecule has 0 amide bonds. The van der Waals surface area contributed by atoms with E-state index in [4.69, 9.17) is 11.6 Å². The molecule has 0 aromatic heterocycles. The van der Waals surface area contributed by atoms with Crippen LogP contribution in [0.25, 0.3) is 0 Å². The fourth-order valence-corrected chi connectivity index (χ4v) is 1.30. The Morgan fingerprint density at radius 3 is 3.00 bits per heavy atom. The lowest BCUT2D eigenvalue weighted by Crippen LogP contribution is -2.02. The van der Waals surface area contributed by atoms with Crippen LogP contribution in [0.4, 0.5) is 4.39 Å². The summed E-state index contributed by atoms with van der Waals surface area (Å²) in [5, 5.41) is 0.276. The third-order valence-corrected chi connectivity index (χ3v) is 2.07. The van der Waals surface area contributed by atoms with E-state index in [2.05, 4.69) is 0 Å². The predicted molar refractivity (Wildman–Crippen MR) is 41.5 cm³/mol. The molecule has 0 aromatic carbocycles. The summed E-state index contributed by atoms with van der Waals surface area (Å²) in [5.74, 6) is -0.121. The minimum absolute atomic E-state index is 0.0255. The highest BCUT2D eigenvalue weighted by molar-refractivity contribution is 6.31. The first-order valence-electron chi connectivity index (χ1n) is 3.47. The maximum Gasteiger partial charge on any atom is 0.122 e. The molecule has 2 heteroatoms. The SMILES string of the molecule is CCC1CC=CC(Cl)=C1F. The number of rotatable bonds is 1. The zero-order valence-corrected chi connectivity index (χ0v) is 6.66. The summed E-state index contributed by atoms with van der Waals surface area (Å²) in [4.78, 5) is 0. The van der Waals surface area contributed by atoms with E-state index in [9.17, 15) is 4.39 Å². The lowest BCUT2D eigenvalue weighted by molar-refractivity contribution is 0.450. The molecule has 0 aromatic rings. The van der Waals surface area contributed by atoms with Crippen molar-refractivity contribution < 1.29 is 4.39 Å². The Hall–Kier alpha value is -0.300. The molecule has 0 saturated carbocycles. The van der Waals surface area contributed by atoms with Crippen LogP contribution in [0.3, 0.4) is 0 Å². The van der Waals surface area contributed by atoms with Crippen molar-refractivity contribution in [1.82, 2.24) is 0 Å². The molecule has 0 bridgehead atoms. The molecule has 0 heterocycles. The molecule has 0 radical (unpaired) electrons. The molecule has 1 aliphatic rings. The lowest BCUT2D eigenvalue weighted by Gasteiger charge is -2.14. The van der Waals surface area contributed by atoms with Crippen LogP contribution in [-0.4, -0.2) is 0 Å². The Morgan fingerprint density at radius 1 is 1.80 bits per heavy atom. The van der Waals surface area contributed by atoms with Gasteiger partial charge in [0.2, 0.25) is 0 Å². The van der Waals surface area contributed by atoms with E-state index in [0.717, 1.165) is 12.8 Å². The van der Waals surface area contributed by atoms with Crippen molar-refractivity contribution in [1.29, 1.82) is 0 Å². The van der Waals surface area contributed by atoms with Gasteiger partial charge in [0, 0.05) is 5.92 Å². The van der Waals surface area contributed by atoms with E-state index in [1.54, 1.807) is 6.08 Å². The van der Waals surface area contributed by atoms with Crippen LogP contribution in [0.1, 0.15) is 19.8 Å². The van der Waals surface area contributed by atoms with Crippen molar-refractivity contribution in [2.45, 2.75) is 19.8 Å². The Bertz CT molecular complexity index is 182. The Morgan fingerprint density at radius 2 is 2.50 bits per heavy atom. The number of halogens is 2. The summed E-state index contributed by atoms with van der Waals surface area (Å²) in [7, 11) is 0. The molecule has 1 rings (SSSR count). The normalized spacial score (nSPS) is 25.7. The van der Waals surface area contributed by atoms with Gasteiger partial charge in [0.1, 0.15) is 5.83 Å². The van der Waals surface area contributed by atoms with E-state index in [1.807, 2.05) is 13.0 Å². The van der Waals surface area contributed by atoms with Gasteiger partial charge in [-0.05, 0) is 18.9 Å². The third kappa shape index (κ3) is 1.40. The van der Waals surface area contributed by atoms with Crippen LogP contribution >= 0.6 is 11.6 Å². The average molecular weight is 161 g/mol. The van der Waals surface area contributed by atoms with Gasteiger partial charge < -0.3 is 0 Å². The summed E-state index contributed by atoms with van der Waals surface area (Å²) in [6.45, 7) is 1.97. The molecule has 1 unspecified atom stereocenters. The molecule has 10 heavy (non-hydrogen) atoms. The third-order valence-electron chi connectivity index (χ3n) is 1.76. The van der Waals surface area contributed by atoms with Crippen molar-refractivity contribution in [3.05, 3.63) is 23.0 Å². The minimum Gasteiger partial charge on any atom is -0.210 e. The van der Waals surface area contributed by atoms with Gasteiger partial charge in [0.25, 0.3) is 0 Å². The first kappa shape index (κ1) is 7.80. The van der Waals surface area contributed by atoms with Crippen molar-refractivity contribution in [2.24, 2.45) is 5.92 Å². The molecule has 0 aliphatic heterocycles. The zero-order chi connectivity index (χ0) is 7.56. The van der Waals surface area contributed by atoms with Crippen LogP contribution in [0.5, 0.6) is 0 Å². The van der Waals surface area contributed by atoms with Crippen molar-refractivity contribution >= 4 is 11.6 Å². The fourth-order valence-electron chi connectivity index (χ4n) is 1.06. The summed E-state index contributed by atoms with van der Waals surface area (Å²) in [6.07, 6.45) is 5.16. The van der Waals surface area contributed by atoms with Crippen LogP contribution in [0.2, 0.25) is 0 Å². The maximum absolute atomic E-state index is 12.9. The quantitative estimate of drug-likeness (QED) is 0.552. The summed E-state index contributed by atoms with van der Waals surface area (Å²) < 4.78 is 12.9. The smallest absolute Gasteiger partial charge is 0.122 e. The molecule has 0 fully saturated rings. The van der Waals surface area contributed by atoms with E-state index in [-0.39, 0.29) is 16.8 Å². The molecule has 0 spiro atoms. The fraction of sp³-hybridized carbons (Fsp3) is 0.500. The van der Waals surface area contributed by atoms with Crippen LogP contribution in [-0.2, 0) is 0 Å². The average Bonchev–Trinajstić information content (AvgIpc) is 1.95. The van der Waals surface area contributed by atoms with Crippen molar-refractivity contribution in [3.63, 3.8) is 0 Å². The second kappa shape index (κ2) is 3.20. The topological polar surface area (TPSA) is 0 Å². The highest BCUT2D eigenvalue weighted by Gasteiger charge is 2.16. The van der Waals surface area contributed by atoms with Gasteiger partial charge in [-0.3, -0.25) is 0 Å². The van der Waals surface area contributed by atoms with Gasteiger partial charge in [-0.15, -0.1) is 0 Å². The molecule has 0 nitrogen and oxygen atoms in total. The molecular weight excluding hydrogens is 151 g/mol. The van der Waals surface area contributed by atoms with Gasteiger partial charge >= 0.3 is 0 Å². The first-order valence-corrected chi connectivity index (χ1v) is 3.85. The van der Waals surface area contributed by atoms with Gasteiger partial charge in [-0.2, -0.15) is 0 Å². The van der Waals surface area contributed by atoms with Gasteiger partial charge in [-0.1, -0.05) is 24.6 Å². The second-order valence-electron chi connectivity index (χ2n) is 2.44. The lowest BCUT2D eigenvalue weighted by atomic mass is 9.97. The van der Waals surface area contributed by atoms with Gasteiger partial charge in [0.05, 0.1) is 5.03 Å². The maximum atomic E-state index is 12.9. The van der Waals surface area contributed by atoms with Gasteiger partial charge in [0.15, 0.2) is 0 Å². The van der Waals surface area contributed by atoms with E-state index >= 15 is 0 Å². The van der Waals surface area contributed by atoms with E-state index < -0.39 is 0 Å². The molecule has 1 aliphatic carbocycles. The van der Waals surface area contributed by atoms with Gasteiger partial charge in [-0.25, -0.2) is 4.39 Å². The second-order valence-corrected chi connectivity index (χ2v) is 2.85. The molecule has 0 N–H and O–H groups in total. The Labute approximate surface area is 65.4 Å². The van der Waals surface area contributed by atoms with E-state index in [0.29, 0.717) is 0 Å². The monoisotopic (exact) mass is 160 g/mol. The predicted octanol–water partition coefficient (Wildman–Crippen LogP) is 3.39. The Balaban J connectivity index is 2.77. The van der Waals surface area contributed by atoms with Crippen molar-refractivity contribution in [2.75, 3.05) is 0 Å². The number of hydrogen-bond acceptors (Lipinski definition) is 0. The summed E-state index contributed by atoms with van der Waals surface area (Å²) in [5.41, 5.74) is 0. The summed E-state index contributed by atoms with van der Waals surface area (Å²) in [6, 6.07) is 0. The largest absolute Gasteiger partial charge is 0.210 e. The summed E-state index contributed by atoms with van der Waals surface area (Å²) >= 11 is 5.56. The molecular formula is C8H10ClF. The first-order chi connectivity index (χ1) is 4.75. The number of hydrogen-bond donors (Lipinski definition) is 0. The highest BCUT2D eigenvalue weighted by Crippen LogP contribution is 2.30. The van der Waals surface area contributed by atoms with Crippen molar-refractivity contribution in [3.8, 4) is 0 Å².